The highest BCUT2D eigenvalue weighted by Crippen LogP contribution is 2.18. The van der Waals surface area contributed by atoms with Gasteiger partial charge in [0.2, 0.25) is 5.91 Å². The predicted molar refractivity (Wildman–Crippen MR) is 62.4 cm³/mol. The van der Waals surface area contributed by atoms with Crippen LogP contribution in [0.5, 0.6) is 0 Å². The van der Waals surface area contributed by atoms with Gasteiger partial charge in [0.25, 0.3) is 0 Å². The van der Waals surface area contributed by atoms with E-state index in [4.69, 9.17) is 0 Å². The van der Waals surface area contributed by atoms with E-state index in [9.17, 15) is 14.3 Å². The molecule has 4 nitrogen and oxygen atoms in total. The van der Waals surface area contributed by atoms with Gasteiger partial charge in [0.05, 0.1) is 17.3 Å². The Kier molecular flexibility index (Phi) is 3.96. The fourth-order valence-corrected chi connectivity index (χ4v) is 2.37. The second-order valence-electron chi connectivity index (χ2n) is 3.84. The molecule has 1 aliphatic rings. The van der Waals surface area contributed by atoms with Crippen LogP contribution in [0.25, 0.3) is 0 Å². The molecule has 0 aliphatic carbocycles. The number of halogens is 1. The molecule has 0 aromatic carbocycles. The van der Waals surface area contributed by atoms with Gasteiger partial charge in [0, 0.05) is 12.7 Å². The average molecular weight is 256 g/mol. The van der Waals surface area contributed by atoms with E-state index in [1.807, 2.05) is 12.1 Å². The van der Waals surface area contributed by atoms with Gasteiger partial charge in [-0.2, -0.15) is 0 Å². The van der Waals surface area contributed by atoms with E-state index in [1.54, 1.807) is 12.3 Å². The first-order chi connectivity index (χ1) is 8.16. The van der Waals surface area contributed by atoms with Crippen LogP contribution >= 0.6 is 11.8 Å². The van der Waals surface area contributed by atoms with E-state index in [2.05, 4.69) is 4.98 Å². The van der Waals surface area contributed by atoms with Gasteiger partial charge < -0.3 is 10.0 Å². The van der Waals surface area contributed by atoms with Crippen molar-refractivity contribution in [3.8, 4) is 0 Å². The maximum absolute atomic E-state index is 13.0. The highest BCUT2D eigenvalue weighted by molar-refractivity contribution is 7.99. The summed E-state index contributed by atoms with van der Waals surface area (Å²) in [4.78, 5) is 17.1. The largest absolute Gasteiger partial charge is 0.388 e. The van der Waals surface area contributed by atoms with Crippen LogP contribution in [-0.2, 0) is 4.79 Å². The van der Waals surface area contributed by atoms with Crippen molar-refractivity contribution >= 4 is 17.7 Å². The molecule has 0 bridgehead atoms. The van der Waals surface area contributed by atoms with Crippen molar-refractivity contribution in [2.75, 3.05) is 18.8 Å². The Hall–Kier alpha value is -1.14. The van der Waals surface area contributed by atoms with Crippen LogP contribution in [-0.4, -0.2) is 52.0 Å². The number of pyridine rings is 1. The summed E-state index contributed by atoms with van der Waals surface area (Å²) in [5, 5.41) is 9.98. The lowest BCUT2D eigenvalue weighted by Gasteiger charge is -2.14. The van der Waals surface area contributed by atoms with E-state index in [-0.39, 0.29) is 24.7 Å². The number of likely N-dealkylation sites (tertiary alicyclic amines) is 1. The molecule has 0 radical (unpaired) electrons. The van der Waals surface area contributed by atoms with Gasteiger partial charge in [-0.25, -0.2) is 9.37 Å². The summed E-state index contributed by atoms with van der Waals surface area (Å²) in [6.45, 7) is 0.0750. The van der Waals surface area contributed by atoms with Crippen molar-refractivity contribution in [2.24, 2.45) is 0 Å². The van der Waals surface area contributed by atoms with Crippen LogP contribution in [0.4, 0.5) is 4.39 Å². The zero-order valence-corrected chi connectivity index (χ0v) is 9.94. The molecule has 1 N–H and O–H groups in total. The Morgan fingerprint density at radius 2 is 2.41 bits per heavy atom. The minimum absolute atomic E-state index is 0.0111. The molecule has 92 valence electrons. The van der Waals surface area contributed by atoms with Gasteiger partial charge in [-0.1, -0.05) is 17.8 Å². The third-order valence-corrected chi connectivity index (χ3v) is 3.48. The van der Waals surface area contributed by atoms with E-state index in [1.165, 1.54) is 16.7 Å². The number of aliphatic hydroxyl groups is 1. The third-order valence-electron chi connectivity index (χ3n) is 2.55. The number of β-amino-alcohol motifs (C(OH)–C–C–N with tert-alkyl or cyclic N) is 1. The van der Waals surface area contributed by atoms with Crippen LogP contribution in [0.15, 0.2) is 29.4 Å². The zero-order chi connectivity index (χ0) is 12.3. The summed E-state index contributed by atoms with van der Waals surface area (Å²) >= 11 is 1.31. The normalized spacial score (nSPS) is 24.0. The molecule has 2 heterocycles. The van der Waals surface area contributed by atoms with Crippen LogP contribution in [0, 0.1) is 0 Å². The molecule has 0 spiro atoms. The topological polar surface area (TPSA) is 53.4 Å². The molecular weight excluding hydrogens is 243 g/mol. The SMILES string of the molecule is O=C(CSc1ccccn1)N1C[C@@H](O)[C@H](F)C1. The first-order valence-electron chi connectivity index (χ1n) is 5.30. The molecule has 1 aromatic rings. The number of alkyl halides is 1. The summed E-state index contributed by atoms with van der Waals surface area (Å²) in [7, 11) is 0. The molecule has 6 heteroatoms. The van der Waals surface area contributed by atoms with Gasteiger partial charge in [0.1, 0.15) is 12.3 Å². The quantitative estimate of drug-likeness (QED) is 0.809. The number of hydrogen-bond acceptors (Lipinski definition) is 4. The first-order valence-corrected chi connectivity index (χ1v) is 6.29. The summed E-state index contributed by atoms with van der Waals surface area (Å²) in [6, 6.07) is 5.46. The summed E-state index contributed by atoms with van der Waals surface area (Å²) in [6.07, 6.45) is -0.707. The number of carbonyl (C=O) groups excluding carboxylic acids is 1. The van der Waals surface area contributed by atoms with Crippen molar-refractivity contribution in [3.05, 3.63) is 24.4 Å². The molecule has 2 rings (SSSR count). The van der Waals surface area contributed by atoms with Crippen LogP contribution in [0.1, 0.15) is 0 Å². The Balaban J connectivity index is 1.82. The predicted octanol–water partition coefficient (Wildman–Crippen LogP) is 0.715. The van der Waals surface area contributed by atoms with Crippen molar-refractivity contribution in [2.45, 2.75) is 17.3 Å². The summed E-state index contributed by atoms with van der Waals surface area (Å²) in [5.74, 6) is 0.0519. The van der Waals surface area contributed by atoms with Crippen molar-refractivity contribution in [1.29, 1.82) is 0 Å². The molecule has 1 aliphatic heterocycles. The number of thioether (sulfide) groups is 1. The van der Waals surface area contributed by atoms with Gasteiger partial charge in [-0.05, 0) is 12.1 Å². The van der Waals surface area contributed by atoms with Crippen molar-refractivity contribution in [3.63, 3.8) is 0 Å². The van der Waals surface area contributed by atoms with Gasteiger partial charge in [-0.15, -0.1) is 0 Å². The number of carbonyl (C=O) groups is 1. The highest BCUT2D eigenvalue weighted by Gasteiger charge is 2.33. The second-order valence-corrected chi connectivity index (χ2v) is 4.83. The number of hydrogen-bond donors (Lipinski definition) is 1. The molecule has 1 amide bonds. The minimum atomic E-state index is -1.32. The lowest BCUT2D eigenvalue weighted by Crippen LogP contribution is -2.31. The zero-order valence-electron chi connectivity index (χ0n) is 9.12. The molecule has 0 saturated carbocycles. The fourth-order valence-electron chi connectivity index (χ4n) is 1.61. The number of aliphatic hydroxyl groups excluding tert-OH is 1. The van der Waals surface area contributed by atoms with Crippen LogP contribution < -0.4 is 0 Å². The Labute approximate surface area is 103 Å². The molecule has 17 heavy (non-hydrogen) atoms. The maximum Gasteiger partial charge on any atom is 0.233 e. The molecule has 2 atom stereocenters. The smallest absolute Gasteiger partial charge is 0.233 e. The third kappa shape index (κ3) is 3.17. The van der Waals surface area contributed by atoms with Crippen molar-refractivity contribution in [1.82, 2.24) is 9.88 Å². The van der Waals surface area contributed by atoms with E-state index >= 15 is 0 Å². The fraction of sp³-hybridized carbons (Fsp3) is 0.455. The van der Waals surface area contributed by atoms with E-state index < -0.39 is 12.3 Å². The van der Waals surface area contributed by atoms with E-state index in [0.29, 0.717) is 0 Å². The molecule has 1 saturated heterocycles. The maximum atomic E-state index is 13.0. The van der Waals surface area contributed by atoms with Crippen LogP contribution in [0.2, 0.25) is 0 Å². The Morgan fingerprint density at radius 3 is 3.00 bits per heavy atom. The molecular formula is C11H13FN2O2S. The summed E-state index contributed by atoms with van der Waals surface area (Å²) in [5.41, 5.74) is 0. The van der Waals surface area contributed by atoms with Gasteiger partial charge >= 0.3 is 0 Å². The average Bonchev–Trinajstić information content (AvgIpc) is 2.68. The second kappa shape index (κ2) is 5.46. The minimum Gasteiger partial charge on any atom is -0.388 e. The Bertz CT molecular complexity index is 380. The molecule has 0 unspecified atom stereocenters. The number of amides is 1. The molecule has 1 aromatic heterocycles. The lowest BCUT2D eigenvalue weighted by molar-refractivity contribution is -0.127. The summed E-state index contributed by atoms with van der Waals surface area (Å²) < 4.78 is 13.0. The Morgan fingerprint density at radius 1 is 1.59 bits per heavy atom. The van der Waals surface area contributed by atoms with Crippen molar-refractivity contribution < 1.29 is 14.3 Å². The number of nitrogens with zero attached hydrogens (tertiary/aromatic N) is 2. The van der Waals surface area contributed by atoms with Gasteiger partial charge in [0.15, 0.2) is 0 Å². The van der Waals surface area contributed by atoms with Gasteiger partial charge in [-0.3, -0.25) is 4.79 Å². The molecule has 1 fully saturated rings. The monoisotopic (exact) mass is 256 g/mol. The number of aromatic nitrogens is 1. The number of rotatable bonds is 3. The lowest BCUT2D eigenvalue weighted by atomic mass is 10.3. The first kappa shape index (κ1) is 12.3. The van der Waals surface area contributed by atoms with Crippen LogP contribution in [0.3, 0.4) is 0 Å². The highest BCUT2D eigenvalue weighted by atomic mass is 32.2. The van der Waals surface area contributed by atoms with E-state index in [0.717, 1.165) is 5.03 Å². The standard InChI is InChI=1S/C11H13FN2O2S/c12-8-5-14(6-9(8)15)11(16)7-17-10-3-1-2-4-13-10/h1-4,8-9,15H,5-7H2/t8-,9-/m1/s1.